The van der Waals surface area contributed by atoms with Gasteiger partial charge in [0.15, 0.2) is 0 Å². The molecule has 1 heterocycles. The lowest BCUT2D eigenvalue weighted by Crippen LogP contribution is -2.05. The van der Waals surface area contributed by atoms with Crippen molar-refractivity contribution in [3.63, 3.8) is 0 Å². The van der Waals surface area contributed by atoms with Gasteiger partial charge in [0.2, 0.25) is 0 Å². The van der Waals surface area contributed by atoms with E-state index in [0.29, 0.717) is 17.2 Å². The van der Waals surface area contributed by atoms with E-state index in [1.807, 2.05) is 13.0 Å². The highest BCUT2D eigenvalue weighted by molar-refractivity contribution is 6.31. The normalized spacial score (nSPS) is 10.7. The minimum Gasteiger partial charge on any atom is -0.462 e. The molecule has 0 radical (unpaired) electrons. The third-order valence-corrected chi connectivity index (χ3v) is 2.66. The number of benzene rings is 1. The van der Waals surface area contributed by atoms with Crippen LogP contribution in [0.5, 0.6) is 0 Å². The first kappa shape index (κ1) is 11.0. The number of hydrogen-bond donors (Lipinski definition) is 1. The van der Waals surface area contributed by atoms with Gasteiger partial charge in [-0.3, -0.25) is 0 Å². The molecule has 0 spiro atoms. The summed E-state index contributed by atoms with van der Waals surface area (Å²) < 4.78 is 5.01. The maximum atomic E-state index is 11.8. The number of rotatable bonds is 2. The average molecular weight is 238 g/mol. The van der Waals surface area contributed by atoms with Crippen LogP contribution in [0.3, 0.4) is 0 Å². The van der Waals surface area contributed by atoms with E-state index in [1.165, 1.54) is 0 Å². The molecule has 0 saturated heterocycles. The second kappa shape index (κ2) is 4.18. The summed E-state index contributed by atoms with van der Waals surface area (Å²) in [4.78, 5) is 14.9. The largest absolute Gasteiger partial charge is 0.462 e. The predicted octanol–water partition coefficient (Wildman–Crippen LogP) is 3.31. The highest BCUT2D eigenvalue weighted by Gasteiger charge is 2.16. The number of carbonyl (C=O) groups is 1. The van der Waals surface area contributed by atoms with Crippen LogP contribution in [-0.4, -0.2) is 17.6 Å². The van der Waals surface area contributed by atoms with Gasteiger partial charge in [0.25, 0.3) is 0 Å². The second-order valence-corrected chi connectivity index (χ2v) is 3.97. The van der Waals surface area contributed by atoms with Crippen molar-refractivity contribution in [3.8, 4) is 0 Å². The first-order chi connectivity index (χ1) is 7.63. The smallest absolute Gasteiger partial charge is 0.340 e. The van der Waals surface area contributed by atoms with Gasteiger partial charge in [0, 0.05) is 21.6 Å². The third kappa shape index (κ3) is 1.78. The first-order valence-corrected chi connectivity index (χ1v) is 5.46. The molecule has 1 aromatic carbocycles. The van der Waals surface area contributed by atoms with E-state index in [0.717, 1.165) is 16.6 Å². The minimum atomic E-state index is -0.298. The maximum Gasteiger partial charge on any atom is 0.340 e. The Balaban J connectivity index is 2.60. The van der Waals surface area contributed by atoms with Crippen LogP contribution in [0, 0.1) is 6.92 Å². The molecule has 0 aliphatic carbocycles. The van der Waals surface area contributed by atoms with Crippen LogP contribution >= 0.6 is 11.6 Å². The molecule has 1 N–H and O–H groups in total. The summed E-state index contributed by atoms with van der Waals surface area (Å²) in [5, 5.41) is 1.49. The van der Waals surface area contributed by atoms with Crippen molar-refractivity contribution in [2.24, 2.45) is 0 Å². The number of esters is 1. The molecule has 2 rings (SSSR count). The van der Waals surface area contributed by atoms with E-state index in [-0.39, 0.29) is 5.97 Å². The van der Waals surface area contributed by atoms with E-state index in [9.17, 15) is 4.79 Å². The monoisotopic (exact) mass is 237 g/mol. The standard InChI is InChI=1S/C12H12ClNO2/c1-3-16-12(15)11-7(2)14-10-6-8(13)4-5-9(10)11/h4-6,14H,3H2,1-2H3. The maximum absolute atomic E-state index is 11.8. The highest BCUT2D eigenvalue weighted by Crippen LogP contribution is 2.25. The number of carbonyl (C=O) groups excluding carboxylic acids is 1. The van der Waals surface area contributed by atoms with Crippen LogP contribution in [0.1, 0.15) is 23.0 Å². The van der Waals surface area contributed by atoms with Gasteiger partial charge in [-0.15, -0.1) is 0 Å². The van der Waals surface area contributed by atoms with Crippen molar-refractivity contribution in [1.82, 2.24) is 4.98 Å². The molecule has 0 unspecified atom stereocenters. The molecule has 0 bridgehead atoms. The second-order valence-electron chi connectivity index (χ2n) is 3.54. The zero-order valence-corrected chi connectivity index (χ0v) is 9.89. The summed E-state index contributed by atoms with van der Waals surface area (Å²) in [6.07, 6.45) is 0. The summed E-state index contributed by atoms with van der Waals surface area (Å²) in [6.45, 7) is 4.01. The number of halogens is 1. The molecule has 84 valence electrons. The number of ether oxygens (including phenoxy) is 1. The number of aromatic amines is 1. The predicted molar refractivity (Wildman–Crippen MR) is 64.0 cm³/mol. The molecule has 0 aliphatic heterocycles. The van der Waals surface area contributed by atoms with Gasteiger partial charge >= 0.3 is 5.97 Å². The molecule has 3 nitrogen and oxygen atoms in total. The number of hydrogen-bond acceptors (Lipinski definition) is 2. The molecule has 16 heavy (non-hydrogen) atoms. The lowest BCUT2D eigenvalue weighted by atomic mass is 10.1. The zero-order chi connectivity index (χ0) is 11.7. The summed E-state index contributed by atoms with van der Waals surface area (Å²) in [7, 11) is 0. The Morgan fingerprint density at radius 1 is 1.50 bits per heavy atom. The van der Waals surface area contributed by atoms with E-state index in [4.69, 9.17) is 16.3 Å². The summed E-state index contributed by atoms with van der Waals surface area (Å²) >= 11 is 5.88. The fourth-order valence-electron chi connectivity index (χ4n) is 1.77. The lowest BCUT2D eigenvalue weighted by Gasteiger charge is -2.01. The van der Waals surface area contributed by atoms with Crippen LogP contribution in [0.2, 0.25) is 5.02 Å². The minimum absolute atomic E-state index is 0.298. The Bertz CT molecular complexity index is 545. The van der Waals surface area contributed by atoms with Crippen LogP contribution in [0.25, 0.3) is 10.9 Å². The molecule has 0 fully saturated rings. The number of fused-ring (bicyclic) bond motifs is 1. The van der Waals surface area contributed by atoms with Gasteiger partial charge < -0.3 is 9.72 Å². The van der Waals surface area contributed by atoms with Gasteiger partial charge in [-0.1, -0.05) is 17.7 Å². The number of nitrogens with one attached hydrogen (secondary N) is 1. The van der Waals surface area contributed by atoms with Crippen LogP contribution in [0.15, 0.2) is 18.2 Å². The van der Waals surface area contributed by atoms with Gasteiger partial charge in [-0.2, -0.15) is 0 Å². The summed E-state index contributed by atoms with van der Waals surface area (Å²) in [5.41, 5.74) is 2.25. The third-order valence-electron chi connectivity index (χ3n) is 2.43. The summed E-state index contributed by atoms with van der Waals surface area (Å²) in [5.74, 6) is -0.298. The van der Waals surface area contributed by atoms with Crippen molar-refractivity contribution in [1.29, 1.82) is 0 Å². The van der Waals surface area contributed by atoms with Gasteiger partial charge in [0.05, 0.1) is 12.2 Å². The van der Waals surface area contributed by atoms with E-state index in [2.05, 4.69) is 4.98 Å². The van der Waals surface area contributed by atoms with Crippen molar-refractivity contribution in [2.45, 2.75) is 13.8 Å². The van der Waals surface area contributed by atoms with E-state index in [1.54, 1.807) is 19.1 Å². The van der Waals surface area contributed by atoms with Crippen molar-refractivity contribution < 1.29 is 9.53 Å². The van der Waals surface area contributed by atoms with Gasteiger partial charge in [0.1, 0.15) is 0 Å². The highest BCUT2D eigenvalue weighted by atomic mass is 35.5. The topological polar surface area (TPSA) is 42.1 Å². The Labute approximate surface area is 98.4 Å². The molecule has 0 aliphatic rings. The van der Waals surface area contributed by atoms with Gasteiger partial charge in [-0.05, 0) is 26.0 Å². The molecular weight excluding hydrogens is 226 g/mol. The van der Waals surface area contributed by atoms with Crippen molar-refractivity contribution >= 4 is 28.5 Å². The molecule has 2 aromatic rings. The Kier molecular flexibility index (Phi) is 2.88. The van der Waals surface area contributed by atoms with Crippen LogP contribution in [0.4, 0.5) is 0 Å². The molecular formula is C12H12ClNO2. The van der Waals surface area contributed by atoms with E-state index >= 15 is 0 Å². The fourth-order valence-corrected chi connectivity index (χ4v) is 1.94. The number of aromatic nitrogens is 1. The lowest BCUT2D eigenvalue weighted by molar-refractivity contribution is 0.0528. The van der Waals surface area contributed by atoms with Crippen molar-refractivity contribution in [3.05, 3.63) is 34.5 Å². The average Bonchev–Trinajstić information content (AvgIpc) is 2.53. The molecule has 0 atom stereocenters. The Morgan fingerprint density at radius 3 is 2.94 bits per heavy atom. The fraction of sp³-hybridized carbons (Fsp3) is 0.250. The first-order valence-electron chi connectivity index (χ1n) is 5.08. The van der Waals surface area contributed by atoms with Crippen LogP contribution in [-0.2, 0) is 4.74 Å². The van der Waals surface area contributed by atoms with E-state index < -0.39 is 0 Å². The SMILES string of the molecule is CCOC(=O)c1c(C)[nH]c2cc(Cl)ccc12. The Morgan fingerprint density at radius 2 is 2.25 bits per heavy atom. The summed E-state index contributed by atoms with van der Waals surface area (Å²) in [6, 6.07) is 5.39. The quantitative estimate of drug-likeness (QED) is 0.815. The number of H-pyrrole nitrogens is 1. The zero-order valence-electron chi connectivity index (χ0n) is 9.13. The molecule has 1 aromatic heterocycles. The molecule has 0 amide bonds. The molecule has 0 saturated carbocycles. The van der Waals surface area contributed by atoms with Crippen molar-refractivity contribution in [2.75, 3.05) is 6.61 Å². The number of aryl methyl sites for hydroxylation is 1. The Hall–Kier alpha value is -1.48. The van der Waals surface area contributed by atoms with Gasteiger partial charge in [-0.25, -0.2) is 4.79 Å². The van der Waals surface area contributed by atoms with Crippen LogP contribution < -0.4 is 0 Å². The molecule has 4 heteroatoms.